The molecule has 2 amide bonds. The molecule has 2 N–H and O–H groups in total. The molecule has 1 heterocycles. The van der Waals surface area contributed by atoms with Crippen molar-refractivity contribution in [2.75, 3.05) is 43.5 Å². The Kier molecular flexibility index (Phi) is 6.55. The van der Waals surface area contributed by atoms with E-state index in [1.165, 1.54) is 0 Å². The first kappa shape index (κ1) is 19.5. The Balaban J connectivity index is 1.53. The van der Waals surface area contributed by atoms with Crippen molar-refractivity contribution in [3.05, 3.63) is 58.1 Å². The summed E-state index contributed by atoms with van der Waals surface area (Å²) < 4.78 is 5.25. The molecule has 0 saturated carbocycles. The van der Waals surface area contributed by atoms with Crippen LogP contribution in [0.1, 0.15) is 10.4 Å². The van der Waals surface area contributed by atoms with Gasteiger partial charge in [0.1, 0.15) is 0 Å². The molecule has 1 aliphatic heterocycles. The molecule has 0 bridgehead atoms. The van der Waals surface area contributed by atoms with E-state index in [1.54, 1.807) is 47.4 Å². The van der Waals surface area contributed by atoms with Crippen LogP contribution in [0.5, 0.6) is 0 Å². The lowest BCUT2D eigenvalue weighted by atomic mass is 10.1. The third-order valence-corrected chi connectivity index (χ3v) is 4.92. The van der Waals surface area contributed by atoms with E-state index in [0.717, 1.165) is 0 Å². The maximum absolute atomic E-state index is 12.4. The number of nitrogens with zero attached hydrogens (tertiary/aromatic N) is 1. The van der Waals surface area contributed by atoms with E-state index in [1.807, 2.05) is 0 Å². The number of benzene rings is 2. The van der Waals surface area contributed by atoms with Gasteiger partial charge in [0, 0.05) is 24.3 Å². The fourth-order valence-electron chi connectivity index (χ4n) is 2.67. The van der Waals surface area contributed by atoms with E-state index < -0.39 is 0 Å². The van der Waals surface area contributed by atoms with Gasteiger partial charge in [-0.3, -0.25) is 9.59 Å². The topological polar surface area (TPSA) is 70.7 Å². The number of rotatable bonds is 5. The van der Waals surface area contributed by atoms with Crippen molar-refractivity contribution in [3.8, 4) is 0 Å². The molecule has 2 aromatic rings. The van der Waals surface area contributed by atoms with E-state index in [0.29, 0.717) is 53.3 Å². The van der Waals surface area contributed by atoms with Crippen molar-refractivity contribution in [2.24, 2.45) is 0 Å². The number of anilines is 2. The Labute approximate surface area is 167 Å². The lowest BCUT2D eigenvalue weighted by molar-refractivity contribution is -0.114. The molecule has 0 spiro atoms. The molecule has 0 aliphatic carbocycles. The van der Waals surface area contributed by atoms with Crippen LogP contribution in [0.3, 0.4) is 0 Å². The number of halogens is 2. The van der Waals surface area contributed by atoms with Crippen LogP contribution in [0.25, 0.3) is 0 Å². The summed E-state index contributed by atoms with van der Waals surface area (Å²) in [5.41, 5.74) is 1.78. The Hall–Kier alpha value is -2.28. The Morgan fingerprint density at radius 2 is 1.74 bits per heavy atom. The van der Waals surface area contributed by atoms with Gasteiger partial charge in [-0.1, -0.05) is 29.3 Å². The van der Waals surface area contributed by atoms with Gasteiger partial charge in [0.15, 0.2) is 0 Å². The van der Waals surface area contributed by atoms with E-state index >= 15 is 0 Å². The fourth-order valence-corrected chi connectivity index (χ4v) is 3.03. The molecule has 142 valence electrons. The van der Waals surface area contributed by atoms with Crippen molar-refractivity contribution < 1.29 is 14.3 Å². The summed E-state index contributed by atoms with van der Waals surface area (Å²) in [5.74, 6) is -0.272. The quantitative estimate of drug-likeness (QED) is 0.795. The number of morpholine rings is 1. The lowest BCUT2D eigenvalue weighted by Crippen LogP contribution is -2.40. The molecule has 6 nitrogen and oxygen atoms in total. The standard InChI is InChI=1S/C19H19Cl2N3O3/c20-15-2-1-3-16(18(15)21)22-12-17(25)23-14-6-4-13(5-7-14)19(26)24-8-10-27-11-9-24/h1-7,22H,8-12H2,(H,23,25). The second kappa shape index (κ2) is 9.08. The minimum Gasteiger partial charge on any atom is -0.378 e. The zero-order chi connectivity index (χ0) is 19.2. The first-order valence-electron chi connectivity index (χ1n) is 8.49. The minimum atomic E-state index is -0.238. The Morgan fingerprint density at radius 1 is 1.04 bits per heavy atom. The van der Waals surface area contributed by atoms with Crippen LogP contribution in [0, 0.1) is 0 Å². The van der Waals surface area contributed by atoms with Crippen molar-refractivity contribution in [1.82, 2.24) is 4.90 Å². The molecule has 1 aliphatic rings. The largest absolute Gasteiger partial charge is 0.378 e. The summed E-state index contributed by atoms with van der Waals surface area (Å²) in [4.78, 5) is 26.3. The van der Waals surface area contributed by atoms with Crippen molar-refractivity contribution in [1.29, 1.82) is 0 Å². The van der Waals surface area contributed by atoms with Crippen LogP contribution in [-0.2, 0) is 9.53 Å². The first-order chi connectivity index (χ1) is 13.0. The van der Waals surface area contributed by atoms with Crippen molar-refractivity contribution in [2.45, 2.75) is 0 Å². The molecule has 1 fully saturated rings. The molecule has 0 radical (unpaired) electrons. The van der Waals surface area contributed by atoms with Gasteiger partial charge in [-0.25, -0.2) is 0 Å². The molecular formula is C19H19Cl2N3O3. The number of ether oxygens (including phenoxy) is 1. The van der Waals surface area contributed by atoms with Gasteiger partial charge in [0.2, 0.25) is 5.91 Å². The SMILES string of the molecule is O=C(CNc1cccc(Cl)c1Cl)Nc1ccc(C(=O)N2CCOCC2)cc1. The number of nitrogens with one attached hydrogen (secondary N) is 2. The molecule has 27 heavy (non-hydrogen) atoms. The predicted octanol–water partition coefficient (Wildman–Crippen LogP) is 3.52. The second-order valence-corrected chi connectivity index (χ2v) is 6.77. The average Bonchev–Trinajstić information content (AvgIpc) is 2.70. The Morgan fingerprint density at radius 3 is 2.44 bits per heavy atom. The highest BCUT2D eigenvalue weighted by atomic mass is 35.5. The minimum absolute atomic E-state index is 0.0339. The highest BCUT2D eigenvalue weighted by Gasteiger charge is 2.18. The third kappa shape index (κ3) is 5.13. The summed E-state index contributed by atoms with van der Waals surface area (Å²) in [5, 5.41) is 6.51. The number of hydrogen-bond acceptors (Lipinski definition) is 4. The summed E-state index contributed by atoms with van der Waals surface area (Å²) in [7, 11) is 0. The molecular weight excluding hydrogens is 389 g/mol. The zero-order valence-corrected chi connectivity index (χ0v) is 16.0. The fraction of sp³-hybridized carbons (Fsp3) is 0.263. The Bertz CT molecular complexity index is 821. The van der Waals surface area contributed by atoms with Gasteiger partial charge in [0.25, 0.3) is 5.91 Å². The molecule has 0 aromatic heterocycles. The van der Waals surface area contributed by atoms with Crippen LogP contribution in [0.4, 0.5) is 11.4 Å². The number of carbonyl (C=O) groups excluding carboxylic acids is 2. The maximum Gasteiger partial charge on any atom is 0.254 e. The average molecular weight is 408 g/mol. The van der Waals surface area contributed by atoms with Crippen molar-refractivity contribution in [3.63, 3.8) is 0 Å². The van der Waals surface area contributed by atoms with Gasteiger partial charge in [-0.05, 0) is 36.4 Å². The van der Waals surface area contributed by atoms with Crippen LogP contribution >= 0.6 is 23.2 Å². The van der Waals surface area contributed by atoms with Crippen molar-refractivity contribution >= 4 is 46.4 Å². The van der Waals surface area contributed by atoms with E-state index in [4.69, 9.17) is 27.9 Å². The van der Waals surface area contributed by atoms with Gasteiger partial charge in [0.05, 0.1) is 35.5 Å². The highest BCUT2D eigenvalue weighted by Crippen LogP contribution is 2.29. The highest BCUT2D eigenvalue weighted by molar-refractivity contribution is 6.43. The number of hydrogen-bond donors (Lipinski definition) is 2. The van der Waals surface area contributed by atoms with Gasteiger partial charge >= 0.3 is 0 Å². The monoisotopic (exact) mass is 407 g/mol. The summed E-state index contributed by atoms with van der Waals surface area (Å²) in [6.07, 6.45) is 0. The lowest BCUT2D eigenvalue weighted by Gasteiger charge is -2.26. The molecule has 0 unspecified atom stereocenters. The van der Waals surface area contributed by atoms with Crippen LogP contribution < -0.4 is 10.6 Å². The van der Waals surface area contributed by atoms with Crippen LogP contribution in [0.15, 0.2) is 42.5 Å². The van der Waals surface area contributed by atoms with Gasteiger partial charge in [-0.15, -0.1) is 0 Å². The summed E-state index contributed by atoms with van der Waals surface area (Å²) >= 11 is 12.0. The molecule has 1 saturated heterocycles. The molecule has 3 rings (SSSR count). The van der Waals surface area contributed by atoms with E-state index in [2.05, 4.69) is 10.6 Å². The molecule has 8 heteroatoms. The number of amides is 2. The summed E-state index contributed by atoms with van der Waals surface area (Å²) in [6, 6.07) is 12.0. The normalized spacial score (nSPS) is 13.9. The maximum atomic E-state index is 12.4. The van der Waals surface area contributed by atoms with E-state index in [-0.39, 0.29) is 18.4 Å². The van der Waals surface area contributed by atoms with Gasteiger partial charge < -0.3 is 20.3 Å². The third-order valence-electron chi connectivity index (χ3n) is 4.10. The van der Waals surface area contributed by atoms with E-state index in [9.17, 15) is 9.59 Å². The molecule has 0 atom stereocenters. The van der Waals surface area contributed by atoms with Gasteiger partial charge in [-0.2, -0.15) is 0 Å². The van der Waals surface area contributed by atoms with Crippen LogP contribution in [-0.4, -0.2) is 49.6 Å². The smallest absolute Gasteiger partial charge is 0.254 e. The second-order valence-electron chi connectivity index (χ2n) is 5.99. The number of carbonyl (C=O) groups is 2. The molecule has 2 aromatic carbocycles. The predicted molar refractivity (Wildman–Crippen MR) is 107 cm³/mol. The first-order valence-corrected chi connectivity index (χ1v) is 9.25. The summed E-state index contributed by atoms with van der Waals surface area (Å²) in [6.45, 7) is 2.34. The van der Waals surface area contributed by atoms with Crippen LogP contribution in [0.2, 0.25) is 10.0 Å². The zero-order valence-electron chi connectivity index (χ0n) is 14.5.